The van der Waals surface area contributed by atoms with Crippen molar-refractivity contribution < 1.29 is 23.1 Å². The summed E-state index contributed by atoms with van der Waals surface area (Å²) in [4.78, 5) is 30.1. The van der Waals surface area contributed by atoms with Crippen LogP contribution in [-0.4, -0.2) is 51.8 Å². The number of carbonyl (C=O) groups excluding carboxylic acids is 2. The van der Waals surface area contributed by atoms with Crippen molar-refractivity contribution in [2.24, 2.45) is 5.92 Å². The number of para-hydroxylation sites is 2. The average molecular weight is 397 g/mol. The summed E-state index contributed by atoms with van der Waals surface area (Å²) in [5, 5.41) is 0.126. The van der Waals surface area contributed by atoms with Crippen molar-refractivity contribution in [2.45, 2.75) is 31.5 Å². The Bertz CT molecular complexity index is 819. The number of nitrogens with zero attached hydrogens (tertiary/aromatic N) is 3. The van der Waals surface area contributed by atoms with Gasteiger partial charge in [0, 0.05) is 13.1 Å². The van der Waals surface area contributed by atoms with Gasteiger partial charge in [0.15, 0.2) is 5.16 Å². The van der Waals surface area contributed by atoms with Crippen molar-refractivity contribution in [3.8, 4) is 0 Å². The number of imidazole rings is 1. The molecular weight excluding hydrogens is 376 g/mol. The molecule has 1 aliphatic rings. The smallest absolute Gasteiger partial charge is 0.321 e. The highest BCUT2D eigenvalue weighted by Crippen LogP contribution is 2.29. The molecule has 0 spiro atoms. The number of carbonyl (C=O) groups is 2. The van der Waals surface area contributed by atoms with Gasteiger partial charge < -0.3 is 9.64 Å². The van der Waals surface area contributed by atoms with Gasteiger partial charge in [-0.25, -0.2) is 4.98 Å². The van der Waals surface area contributed by atoms with Gasteiger partial charge in [0.2, 0.25) is 5.91 Å². The molecule has 0 N–H and O–H groups in total. The van der Waals surface area contributed by atoms with E-state index in [9.17, 15) is 18.4 Å². The summed E-state index contributed by atoms with van der Waals surface area (Å²) in [5.74, 6) is -0.510. The lowest BCUT2D eigenvalue weighted by atomic mass is 9.97. The lowest BCUT2D eigenvalue weighted by Crippen LogP contribution is -2.41. The maximum Gasteiger partial charge on any atom is 0.321 e. The zero-order valence-electron chi connectivity index (χ0n) is 14.9. The number of benzene rings is 1. The number of fused-ring (bicyclic) bond motifs is 1. The summed E-state index contributed by atoms with van der Waals surface area (Å²) in [6.07, 6.45) is 1.12. The van der Waals surface area contributed by atoms with E-state index in [0.29, 0.717) is 43.6 Å². The number of aromatic nitrogens is 2. The number of likely N-dealkylation sites (tertiary alicyclic amines) is 1. The Hall–Kier alpha value is -2.16. The van der Waals surface area contributed by atoms with Crippen molar-refractivity contribution in [2.75, 3.05) is 25.4 Å². The second-order valence-corrected chi connectivity index (χ2v) is 7.17. The van der Waals surface area contributed by atoms with E-state index in [1.54, 1.807) is 36.1 Å². The van der Waals surface area contributed by atoms with Crippen LogP contribution in [0.2, 0.25) is 0 Å². The number of rotatable bonds is 6. The molecule has 0 atom stereocenters. The first-order chi connectivity index (χ1) is 13.0. The van der Waals surface area contributed by atoms with Gasteiger partial charge >= 0.3 is 12.5 Å². The molecule has 2 heterocycles. The molecule has 2 aromatic rings. The number of piperidine rings is 1. The molecule has 9 heteroatoms. The normalized spacial score (nSPS) is 15.5. The highest BCUT2D eigenvalue weighted by Gasteiger charge is 2.28. The minimum absolute atomic E-state index is 0.0279. The average Bonchev–Trinajstić information content (AvgIpc) is 3.05. The Balaban J connectivity index is 1.59. The first kappa shape index (κ1) is 19.6. The molecule has 0 bridgehead atoms. The van der Waals surface area contributed by atoms with Crippen molar-refractivity contribution >= 4 is 34.7 Å². The Kier molecular flexibility index (Phi) is 6.30. The van der Waals surface area contributed by atoms with E-state index in [0.717, 1.165) is 16.3 Å². The minimum atomic E-state index is -2.73. The van der Waals surface area contributed by atoms with Crippen LogP contribution in [0.4, 0.5) is 8.78 Å². The highest BCUT2D eigenvalue weighted by molar-refractivity contribution is 7.99. The van der Waals surface area contributed by atoms with Crippen molar-refractivity contribution in [3.05, 3.63) is 24.3 Å². The van der Waals surface area contributed by atoms with E-state index in [1.807, 2.05) is 0 Å². The fourth-order valence-corrected chi connectivity index (χ4v) is 4.07. The Morgan fingerprint density at radius 2 is 2.00 bits per heavy atom. The number of halogens is 2. The minimum Gasteiger partial charge on any atom is -0.466 e. The van der Waals surface area contributed by atoms with E-state index >= 15 is 0 Å². The van der Waals surface area contributed by atoms with Gasteiger partial charge in [-0.3, -0.25) is 14.2 Å². The van der Waals surface area contributed by atoms with Crippen LogP contribution in [0.5, 0.6) is 0 Å². The van der Waals surface area contributed by atoms with Gasteiger partial charge in [0.1, 0.15) is 0 Å². The molecule has 0 radical (unpaired) electrons. The highest BCUT2D eigenvalue weighted by atomic mass is 32.2. The van der Waals surface area contributed by atoms with Crippen LogP contribution in [0.1, 0.15) is 26.3 Å². The molecule has 27 heavy (non-hydrogen) atoms. The number of thioether (sulfide) groups is 1. The van der Waals surface area contributed by atoms with E-state index in [2.05, 4.69) is 4.98 Å². The maximum absolute atomic E-state index is 13.4. The topological polar surface area (TPSA) is 64.4 Å². The first-order valence-corrected chi connectivity index (χ1v) is 9.82. The van der Waals surface area contributed by atoms with E-state index in [4.69, 9.17) is 4.74 Å². The lowest BCUT2D eigenvalue weighted by Gasteiger charge is -2.30. The molecule has 0 saturated carbocycles. The molecule has 1 saturated heterocycles. The third kappa shape index (κ3) is 4.40. The molecule has 1 aliphatic heterocycles. The third-order valence-corrected chi connectivity index (χ3v) is 5.49. The van der Waals surface area contributed by atoms with Crippen molar-refractivity contribution in [1.82, 2.24) is 14.5 Å². The van der Waals surface area contributed by atoms with E-state index in [1.165, 1.54) is 0 Å². The van der Waals surface area contributed by atoms with Crippen molar-refractivity contribution in [3.63, 3.8) is 0 Å². The number of amides is 1. The Labute approximate surface area is 159 Å². The fourth-order valence-electron chi connectivity index (χ4n) is 3.16. The number of alkyl halides is 2. The molecule has 146 valence electrons. The lowest BCUT2D eigenvalue weighted by molar-refractivity contribution is -0.151. The van der Waals surface area contributed by atoms with Crippen LogP contribution in [0.25, 0.3) is 11.0 Å². The summed E-state index contributed by atoms with van der Waals surface area (Å²) in [5.41, 5.74) is 0.820. The largest absolute Gasteiger partial charge is 0.466 e. The summed E-state index contributed by atoms with van der Waals surface area (Å²) >= 11 is 1.01. The molecule has 3 rings (SSSR count). The molecule has 1 fully saturated rings. The summed E-state index contributed by atoms with van der Waals surface area (Å²) in [6, 6.07) is 6.66. The maximum atomic E-state index is 13.4. The molecule has 1 amide bonds. The number of ether oxygens (including phenoxy) is 1. The second-order valence-electron chi connectivity index (χ2n) is 6.23. The molecule has 0 unspecified atom stereocenters. The van der Waals surface area contributed by atoms with Crippen LogP contribution in [0, 0.1) is 5.92 Å². The van der Waals surface area contributed by atoms with E-state index in [-0.39, 0.29) is 28.7 Å². The Morgan fingerprint density at radius 1 is 1.30 bits per heavy atom. The van der Waals surface area contributed by atoms with Crippen LogP contribution in [-0.2, 0) is 14.3 Å². The van der Waals surface area contributed by atoms with Crippen molar-refractivity contribution in [1.29, 1.82) is 0 Å². The van der Waals surface area contributed by atoms with E-state index < -0.39 is 6.55 Å². The van der Waals surface area contributed by atoms with Gasteiger partial charge in [-0.05, 0) is 31.9 Å². The summed E-state index contributed by atoms with van der Waals surface area (Å²) < 4.78 is 32.7. The quantitative estimate of drug-likeness (QED) is 0.553. The van der Waals surface area contributed by atoms with Gasteiger partial charge in [-0.15, -0.1) is 0 Å². The van der Waals surface area contributed by atoms with Gasteiger partial charge in [0.25, 0.3) is 0 Å². The molecule has 1 aromatic carbocycles. The predicted molar refractivity (Wildman–Crippen MR) is 97.6 cm³/mol. The zero-order valence-corrected chi connectivity index (χ0v) is 15.8. The SMILES string of the molecule is CCOC(=O)C1CCN(C(=O)CSc2nc3ccccc3n2C(F)F)CC1. The fraction of sp³-hybridized carbons (Fsp3) is 0.500. The molecule has 6 nitrogen and oxygen atoms in total. The monoisotopic (exact) mass is 397 g/mol. The molecule has 0 aliphatic carbocycles. The first-order valence-electron chi connectivity index (χ1n) is 8.83. The number of hydrogen-bond donors (Lipinski definition) is 0. The summed E-state index contributed by atoms with van der Waals surface area (Å²) in [7, 11) is 0. The Morgan fingerprint density at radius 3 is 2.67 bits per heavy atom. The van der Waals surface area contributed by atoms with Gasteiger partial charge in [-0.2, -0.15) is 8.78 Å². The standard InChI is InChI=1S/C18H21F2N3O3S/c1-2-26-16(25)12-7-9-22(10-8-12)15(24)11-27-18-21-13-5-3-4-6-14(13)23(18)17(19)20/h3-6,12,17H,2,7-11H2,1H3. The number of hydrogen-bond acceptors (Lipinski definition) is 5. The predicted octanol–water partition coefficient (Wildman–Crippen LogP) is 3.33. The molecular formula is C18H21F2N3O3S. The molecule has 1 aromatic heterocycles. The summed E-state index contributed by atoms with van der Waals surface area (Å²) in [6.45, 7) is 0.318. The second kappa shape index (κ2) is 8.69. The van der Waals surface area contributed by atoms with Gasteiger partial charge in [-0.1, -0.05) is 23.9 Å². The van der Waals surface area contributed by atoms with Crippen LogP contribution in [0.15, 0.2) is 29.4 Å². The zero-order chi connectivity index (χ0) is 19.4. The third-order valence-electron chi connectivity index (χ3n) is 4.55. The van der Waals surface area contributed by atoms with Crippen LogP contribution >= 0.6 is 11.8 Å². The number of esters is 1. The van der Waals surface area contributed by atoms with Crippen LogP contribution < -0.4 is 0 Å². The van der Waals surface area contributed by atoms with Crippen LogP contribution in [0.3, 0.4) is 0 Å². The van der Waals surface area contributed by atoms with Gasteiger partial charge in [0.05, 0.1) is 29.3 Å².